The fraction of sp³-hybridized carbons (Fsp3) is 0.240. The molecule has 3 aromatic carbocycles. The summed E-state index contributed by atoms with van der Waals surface area (Å²) in [5, 5.41) is 2.79. The highest BCUT2D eigenvalue weighted by Crippen LogP contribution is 2.30. The van der Waals surface area contributed by atoms with Crippen LogP contribution in [0.4, 0.5) is 5.69 Å². The fourth-order valence-corrected chi connectivity index (χ4v) is 5.13. The normalized spacial score (nSPS) is 15.0. The first-order chi connectivity index (χ1) is 15.8. The Morgan fingerprint density at radius 2 is 1.61 bits per heavy atom. The maximum atomic E-state index is 13.4. The van der Waals surface area contributed by atoms with Gasteiger partial charge in [-0.2, -0.15) is 0 Å². The Balaban J connectivity index is 1.51. The number of nitrogens with one attached hydrogen (secondary N) is 1. The molecule has 1 atom stereocenters. The van der Waals surface area contributed by atoms with Crippen molar-refractivity contribution in [2.75, 3.05) is 24.0 Å². The molecule has 33 heavy (non-hydrogen) atoms. The molecule has 0 bridgehead atoms. The predicted octanol–water partition coefficient (Wildman–Crippen LogP) is 3.45. The number of rotatable bonds is 7. The second kappa shape index (κ2) is 9.54. The zero-order chi connectivity index (χ0) is 23.4. The third-order valence-electron chi connectivity index (χ3n) is 5.21. The Bertz CT molecular complexity index is 1220. The van der Waals surface area contributed by atoms with Crippen LogP contribution in [0, 0.1) is 13.8 Å². The van der Waals surface area contributed by atoms with Gasteiger partial charge in [-0.1, -0.05) is 36.4 Å². The summed E-state index contributed by atoms with van der Waals surface area (Å²) in [6.07, 6.45) is -0.371. The van der Waals surface area contributed by atoms with E-state index in [2.05, 4.69) is 5.32 Å². The van der Waals surface area contributed by atoms with E-state index in [4.69, 9.17) is 9.47 Å². The Hall–Kier alpha value is -3.52. The highest BCUT2D eigenvalue weighted by molar-refractivity contribution is 7.92. The van der Waals surface area contributed by atoms with Crippen LogP contribution in [0.3, 0.4) is 0 Å². The fourth-order valence-electron chi connectivity index (χ4n) is 3.71. The molecule has 1 aliphatic rings. The lowest BCUT2D eigenvalue weighted by Gasteiger charge is -2.28. The van der Waals surface area contributed by atoms with E-state index in [1.54, 1.807) is 36.4 Å². The first-order valence-electron chi connectivity index (χ1n) is 10.6. The van der Waals surface area contributed by atoms with Crippen LogP contribution in [-0.2, 0) is 14.8 Å². The molecule has 0 saturated heterocycles. The molecule has 172 valence electrons. The highest BCUT2D eigenvalue weighted by atomic mass is 32.2. The number of para-hydroxylation sites is 2. The third kappa shape index (κ3) is 5.28. The largest absolute Gasteiger partial charge is 0.486 e. The monoisotopic (exact) mass is 466 g/mol. The molecule has 0 fully saturated rings. The number of hydrogen-bond acceptors (Lipinski definition) is 5. The van der Waals surface area contributed by atoms with Crippen molar-refractivity contribution >= 4 is 21.6 Å². The Kier molecular flexibility index (Phi) is 6.55. The molecule has 0 aromatic heterocycles. The number of ether oxygens (including phenoxy) is 2. The molecule has 1 unspecified atom stereocenters. The van der Waals surface area contributed by atoms with Gasteiger partial charge < -0.3 is 14.8 Å². The van der Waals surface area contributed by atoms with Crippen LogP contribution in [0.25, 0.3) is 0 Å². The van der Waals surface area contributed by atoms with E-state index in [9.17, 15) is 13.2 Å². The molecular weight excluding hydrogens is 440 g/mol. The van der Waals surface area contributed by atoms with Crippen LogP contribution in [0.1, 0.15) is 11.1 Å². The summed E-state index contributed by atoms with van der Waals surface area (Å²) in [5.74, 6) is 0.845. The molecule has 3 aromatic rings. The van der Waals surface area contributed by atoms with E-state index in [1.807, 2.05) is 38.1 Å². The van der Waals surface area contributed by atoms with E-state index < -0.39 is 15.9 Å². The average molecular weight is 467 g/mol. The van der Waals surface area contributed by atoms with E-state index in [1.165, 1.54) is 12.1 Å². The number of benzene rings is 3. The van der Waals surface area contributed by atoms with E-state index >= 15 is 0 Å². The lowest BCUT2D eigenvalue weighted by Crippen LogP contribution is -2.45. The van der Waals surface area contributed by atoms with Crippen molar-refractivity contribution in [3.05, 3.63) is 83.9 Å². The molecule has 1 amide bonds. The first kappa shape index (κ1) is 22.7. The third-order valence-corrected chi connectivity index (χ3v) is 7.00. The molecule has 0 saturated carbocycles. The summed E-state index contributed by atoms with van der Waals surface area (Å²) in [6, 6.07) is 20.9. The Morgan fingerprint density at radius 3 is 2.30 bits per heavy atom. The van der Waals surface area contributed by atoms with Crippen molar-refractivity contribution in [3.63, 3.8) is 0 Å². The standard InChI is InChI=1S/C25H26N2O5S/c1-18-12-19(2)14-20(13-18)27(33(29,30)22-8-4-3-5-9-22)16-25(28)26-15-21-17-31-23-10-6-7-11-24(23)32-21/h3-14,21H,15-17H2,1-2H3,(H,26,28). The van der Waals surface area contributed by atoms with Crippen molar-refractivity contribution in [2.45, 2.75) is 24.8 Å². The molecule has 0 radical (unpaired) electrons. The van der Waals surface area contributed by atoms with Crippen molar-refractivity contribution in [3.8, 4) is 11.5 Å². The van der Waals surface area contributed by atoms with Gasteiger partial charge in [-0.05, 0) is 61.4 Å². The van der Waals surface area contributed by atoms with Crippen LogP contribution in [-0.4, -0.2) is 40.1 Å². The predicted molar refractivity (Wildman–Crippen MR) is 126 cm³/mol. The maximum Gasteiger partial charge on any atom is 0.264 e. The van der Waals surface area contributed by atoms with Gasteiger partial charge in [0, 0.05) is 0 Å². The molecule has 4 rings (SSSR count). The molecule has 1 heterocycles. The number of carbonyl (C=O) groups is 1. The smallest absolute Gasteiger partial charge is 0.264 e. The topological polar surface area (TPSA) is 84.9 Å². The Morgan fingerprint density at radius 1 is 0.970 bits per heavy atom. The maximum absolute atomic E-state index is 13.4. The van der Waals surface area contributed by atoms with Crippen LogP contribution >= 0.6 is 0 Å². The van der Waals surface area contributed by atoms with Crippen molar-refractivity contribution in [1.82, 2.24) is 5.32 Å². The summed E-state index contributed by atoms with van der Waals surface area (Å²) in [6.45, 7) is 3.91. The summed E-state index contributed by atoms with van der Waals surface area (Å²) in [5.41, 5.74) is 2.26. The lowest BCUT2D eigenvalue weighted by atomic mass is 10.1. The summed E-state index contributed by atoms with van der Waals surface area (Å²) in [4.78, 5) is 13.0. The van der Waals surface area contributed by atoms with Crippen LogP contribution in [0.5, 0.6) is 11.5 Å². The van der Waals surface area contributed by atoms with Crippen LogP contribution in [0.2, 0.25) is 0 Å². The number of hydrogen-bond donors (Lipinski definition) is 1. The molecule has 8 heteroatoms. The Labute approximate surface area is 194 Å². The van der Waals surface area contributed by atoms with Gasteiger partial charge in [0.2, 0.25) is 5.91 Å². The number of fused-ring (bicyclic) bond motifs is 1. The minimum Gasteiger partial charge on any atom is -0.486 e. The minimum atomic E-state index is -3.95. The number of aryl methyl sites for hydroxylation is 2. The van der Waals surface area contributed by atoms with Gasteiger partial charge in [-0.25, -0.2) is 8.42 Å². The second-order valence-corrected chi connectivity index (χ2v) is 9.83. The number of sulfonamides is 1. The van der Waals surface area contributed by atoms with Crippen molar-refractivity contribution < 1.29 is 22.7 Å². The number of anilines is 1. The molecule has 0 spiro atoms. The zero-order valence-corrected chi connectivity index (χ0v) is 19.3. The van der Waals surface area contributed by atoms with E-state index in [0.717, 1.165) is 15.4 Å². The minimum absolute atomic E-state index is 0.123. The van der Waals surface area contributed by atoms with Gasteiger partial charge in [0.15, 0.2) is 11.5 Å². The van der Waals surface area contributed by atoms with E-state index in [0.29, 0.717) is 23.8 Å². The molecule has 1 N–H and O–H groups in total. The second-order valence-electron chi connectivity index (χ2n) is 7.97. The quantitative estimate of drug-likeness (QED) is 0.577. The number of nitrogens with zero attached hydrogens (tertiary/aromatic N) is 1. The summed E-state index contributed by atoms with van der Waals surface area (Å²) in [7, 11) is -3.95. The van der Waals surface area contributed by atoms with Gasteiger partial charge in [-0.3, -0.25) is 9.10 Å². The van der Waals surface area contributed by atoms with E-state index in [-0.39, 0.29) is 24.1 Å². The molecule has 0 aliphatic carbocycles. The molecule has 1 aliphatic heterocycles. The van der Waals surface area contributed by atoms with Gasteiger partial charge in [0.05, 0.1) is 17.1 Å². The number of amides is 1. The van der Waals surface area contributed by atoms with Gasteiger partial charge in [0.1, 0.15) is 19.3 Å². The van der Waals surface area contributed by atoms with Crippen LogP contribution < -0.4 is 19.1 Å². The van der Waals surface area contributed by atoms with Crippen molar-refractivity contribution in [1.29, 1.82) is 0 Å². The lowest BCUT2D eigenvalue weighted by molar-refractivity contribution is -0.120. The van der Waals surface area contributed by atoms with Gasteiger partial charge >= 0.3 is 0 Å². The summed E-state index contributed by atoms with van der Waals surface area (Å²) >= 11 is 0. The van der Waals surface area contributed by atoms with Gasteiger partial charge in [0.25, 0.3) is 10.0 Å². The number of carbonyl (C=O) groups excluding carboxylic acids is 1. The highest BCUT2D eigenvalue weighted by Gasteiger charge is 2.28. The van der Waals surface area contributed by atoms with Crippen molar-refractivity contribution in [2.24, 2.45) is 0 Å². The molecule has 7 nitrogen and oxygen atoms in total. The van der Waals surface area contributed by atoms with Crippen LogP contribution in [0.15, 0.2) is 77.7 Å². The molecular formula is C25H26N2O5S. The SMILES string of the molecule is Cc1cc(C)cc(N(CC(=O)NCC2COc3ccccc3O2)S(=O)(=O)c2ccccc2)c1. The average Bonchev–Trinajstić information content (AvgIpc) is 2.81. The first-order valence-corrected chi connectivity index (χ1v) is 12.1. The van der Waals surface area contributed by atoms with Gasteiger partial charge in [-0.15, -0.1) is 0 Å². The zero-order valence-electron chi connectivity index (χ0n) is 18.5. The summed E-state index contributed by atoms with van der Waals surface area (Å²) < 4.78 is 39.6.